The van der Waals surface area contributed by atoms with Gasteiger partial charge in [0, 0.05) is 12.4 Å². The van der Waals surface area contributed by atoms with Crippen LogP contribution in [0.15, 0.2) is 24.5 Å². The van der Waals surface area contributed by atoms with Gasteiger partial charge in [0.1, 0.15) is 0 Å². The van der Waals surface area contributed by atoms with E-state index in [2.05, 4.69) is 4.98 Å². The van der Waals surface area contributed by atoms with Crippen molar-refractivity contribution in [2.75, 3.05) is 0 Å². The molecule has 0 amide bonds. The van der Waals surface area contributed by atoms with Gasteiger partial charge in [-0.15, -0.1) is 0 Å². The quantitative estimate of drug-likeness (QED) is 0.460. The average molecular weight is 105 g/mol. The third kappa shape index (κ3) is 0.824. The van der Waals surface area contributed by atoms with Crippen LogP contribution in [0.4, 0.5) is 0 Å². The SMILES string of the molecule is [15N]#Cc1ccncc1. The standard InChI is InChI=1S/C6H4N2/c7-5-6-1-3-8-4-2-6/h1-4H/i7+1. The van der Waals surface area contributed by atoms with E-state index in [1.165, 1.54) is 0 Å². The lowest BCUT2D eigenvalue weighted by Crippen LogP contribution is -1.71. The Labute approximate surface area is 47.4 Å². The summed E-state index contributed by atoms with van der Waals surface area (Å²) in [5, 5.41) is 8.26. The first-order chi connectivity index (χ1) is 3.93. The van der Waals surface area contributed by atoms with Crippen LogP contribution in [0, 0.1) is 11.3 Å². The van der Waals surface area contributed by atoms with E-state index in [0.717, 1.165) is 0 Å². The lowest BCUT2D eigenvalue weighted by molar-refractivity contribution is 1.31. The summed E-state index contributed by atoms with van der Waals surface area (Å²) in [6.45, 7) is 0. The number of aromatic nitrogens is 1. The molecule has 2 nitrogen and oxygen atoms in total. The zero-order valence-corrected chi connectivity index (χ0v) is 4.20. The van der Waals surface area contributed by atoms with E-state index in [-0.39, 0.29) is 0 Å². The molecular weight excluding hydrogens is 101 g/mol. The van der Waals surface area contributed by atoms with Crippen LogP contribution in [-0.4, -0.2) is 4.98 Å². The molecule has 0 unspecified atom stereocenters. The summed E-state index contributed by atoms with van der Waals surface area (Å²) in [5.74, 6) is 0. The summed E-state index contributed by atoms with van der Waals surface area (Å²) in [4.78, 5) is 3.74. The molecule has 0 bridgehead atoms. The molecule has 0 aliphatic heterocycles. The number of hydrogen-bond acceptors (Lipinski definition) is 2. The first-order valence-corrected chi connectivity index (χ1v) is 2.23. The van der Waals surface area contributed by atoms with Crippen molar-refractivity contribution < 1.29 is 0 Å². The van der Waals surface area contributed by atoms with Gasteiger partial charge in [-0.3, -0.25) is 4.98 Å². The molecule has 0 N–H and O–H groups in total. The summed E-state index contributed by atoms with van der Waals surface area (Å²) < 4.78 is 0. The summed E-state index contributed by atoms with van der Waals surface area (Å²) >= 11 is 0. The Morgan fingerprint density at radius 1 is 1.38 bits per heavy atom. The maximum absolute atomic E-state index is 8.26. The Morgan fingerprint density at radius 2 is 2.00 bits per heavy atom. The molecule has 0 atom stereocenters. The first-order valence-electron chi connectivity index (χ1n) is 2.23. The highest BCUT2D eigenvalue weighted by Gasteiger charge is 1.80. The van der Waals surface area contributed by atoms with Crippen molar-refractivity contribution in [1.29, 1.82) is 5.26 Å². The maximum Gasteiger partial charge on any atom is 0.0992 e. The second-order valence-electron chi connectivity index (χ2n) is 1.35. The monoisotopic (exact) mass is 105 g/mol. The predicted octanol–water partition coefficient (Wildman–Crippen LogP) is 0.953. The highest BCUT2D eigenvalue weighted by molar-refractivity contribution is 5.24. The molecule has 38 valence electrons. The van der Waals surface area contributed by atoms with Crippen LogP contribution < -0.4 is 0 Å². The van der Waals surface area contributed by atoms with Gasteiger partial charge in [0.2, 0.25) is 0 Å². The molecule has 2 heteroatoms. The van der Waals surface area contributed by atoms with Crippen molar-refractivity contribution in [2.45, 2.75) is 0 Å². The second-order valence-corrected chi connectivity index (χ2v) is 1.35. The third-order valence-corrected chi connectivity index (χ3v) is 0.809. The number of nitrogens with zero attached hydrogens (tertiary/aromatic N) is 2. The molecule has 0 fully saturated rings. The van der Waals surface area contributed by atoms with Crippen molar-refractivity contribution in [1.82, 2.24) is 4.98 Å². The van der Waals surface area contributed by atoms with E-state index in [9.17, 15) is 0 Å². The maximum atomic E-state index is 8.26. The van der Waals surface area contributed by atoms with Crippen LogP contribution in [-0.2, 0) is 0 Å². The van der Waals surface area contributed by atoms with Gasteiger partial charge in [0.05, 0.1) is 11.6 Å². The Balaban J connectivity index is 3.05. The zero-order chi connectivity index (χ0) is 5.82. The zero-order valence-electron chi connectivity index (χ0n) is 4.20. The van der Waals surface area contributed by atoms with Crippen LogP contribution in [0.25, 0.3) is 0 Å². The van der Waals surface area contributed by atoms with Gasteiger partial charge in [0.25, 0.3) is 0 Å². The van der Waals surface area contributed by atoms with Gasteiger partial charge < -0.3 is 0 Å². The molecule has 0 aliphatic carbocycles. The fourth-order valence-corrected chi connectivity index (χ4v) is 0.426. The molecule has 0 saturated heterocycles. The lowest BCUT2D eigenvalue weighted by atomic mass is 10.3. The minimum Gasteiger partial charge on any atom is -0.265 e. The molecule has 1 rings (SSSR count). The van der Waals surface area contributed by atoms with Crippen molar-refractivity contribution in [3.63, 3.8) is 0 Å². The number of rotatable bonds is 0. The van der Waals surface area contributed by atoms with Crippen LogP contribution >= 0.6 is 0 Å². The second kappa shape index (κ2) is 2.08. The van der Waals surface area contributed by atoms with Crippen molar-refractivity contribution in [2.24, 2.45) is 0 Å². The van der Waals surface area contributed by atoms with E-state index in [1.807, 2.05) is 6.07 Å². The van der Waals surface area contributed by atoms with E-state index >= 15 is 0 Å². The Morgan fingerprint density at radius 3 is 2.38 bits per heavy atom. The summed E-state index contributed by atoms with van der Waals surface area (Å²) in [6, 6.07) is 5.32. The predicted molar refractivity (Wildman–Crippen MR) is 29.0 cm³/mol. The van der Waals surface area contributed by atoms with E-state index < -0.39 is 0 Å². The van der Waals surface area contributed by atoms with E-state index in [1.54, 1.807) is 24.5 Å². The Hall–Kier alpha value is -1.36. The summed E-state index contributed by atoms with van der Waals surface area (Å²) in [7, 11) is 0. The van der Waals surface area contributed by atoms with E-state index in [0.29, 0.717) is 5.56 Å². The highest BCUT2D eigenvalue weighted by atomic mass is 15.1. The van der Waals surface area contributed by atoms with Gasteiger partial charge in [-0.1, -0.05) is 0 Å². The minimum absolute atomic E-state index is 0.653. The number of pyridine rings is 1. The van der Waals surface area contributed by atoms with Crippen molar-refractivity contribution in [3.05, 3.63) is 30.1 Å². The molecule has 1 heterocycles. The van der Waals surface area contributed by atoms with Crippen LogP contribution in [0.1, 0.15) is 5.56 Å². The highest BCUT2D eigenvalue weighted by Crippen LogP contribution is 1.89. The molecule has 0 spiro atoms. The van der Waals surface area contributed by atoms with Crippen molar-refractivity contribution >= 4 is 0 Å². The molecule has 0 aliphatic rings. The fraction of sp³-hybridized carbons (Fsp3) is 0. The number of nitriles is 1. The van der Waals surface area contributed by atoms with Crippen molar-refractivity contribution in [3.8, 4) is 6.07 Å². The molecule has 1 aromatic rings. The molecule has 0 radical (unpaired) electrons. The Kier molecular flexibility index (Phi) is 1.25. The topological polar surface area (TPSA) is 36.7 Å². The smallest absolute Gasteiger partial charge is 0.0992 e. The lowest BCUT2D eigenvalue weighted by Gasteiger charge is -1.79. The van der Waals surface area contributed by atoms with Gasteiger partial charge in [-0.05, 0) is 12.1 Å². The first kappa shape index (κ1) is 4.79. The summed E-state index contributed by atoms with van der Waals surface area (Å²) in [5.41, 5.74) is 0.653. The fourth-order valence-electron chi connectivity index (χ4n) is 0.426. The van der Waals surface area contributed by atoms with Crippen LogP contribution in [0.2, 0.25) is 0 Å². The molecule has 1 aromatic heterocycles. The van der Waals surface area contributed by atoms with Gasteiger partial charge in [-0.2, -0.15) is 5.26 Å². The minimum atomic E-state index is 0.653. The molecule has 0 saturated carbocycles. The largest absolute Gasteiger partial charge is 0.265 e. The average Bonchev–Trinajstić information content (AvgIpc) is 1.90. The van der Waals surface area contributed by atoms with Crippen LogP contribution in [0.5, 0.6) is 0 Å². The van der Waals surface area contributed by atoms with Gasteiger partial charge in [0.15, 0.2) is 0 Å². The number of hydrogen-bond donors (Lipinski definition) is 0. The van der Waals surface area contributed by atoms with Gasteiger partial charge >= 0.3 is 0 Å². The van der Waals surface area contributed by atoms with E-state index in [4.69, 9.17) is 5.26 Å². The molecule has 8 heavy (non-hydrogen) atoms. The molecule has 0 aromatic carbocycles. The van der Waals surface area contributed by atoms with Gasteiger partial charge in [-0.25, -0.2) is 0 Å². The summed E-state index contributed by atoms with van der Waals surface area (Å²) in [6.07, 6.45) is 3.19. The Bertz CT molecular complexity index is 198. The normalized spacial score (nSPS) is 7.88. The van der Waals surface area contributed by atoms with Crippen LogP contribution in [0.3, 0.4) is 0 Å². The molecular formula is C6H4N2. The third-order valence-electron chi connectivity index (χ3n) is 0.809.